The van der Waals surface area contributed by atoms with Crippen molar-refractivity contribution in [1.29, 1.82) is 0 Å². The van der Waals surface area contributed by atoms with E-state index in [1.807, 2.05) is 12.1 Å². The lowest BCUT2D eigenvalue weighted by atomic mass is 9.83. The highest BCUT2D eigenvalue weighted by Gasteiger charge is 2.22. The Labute approximate surface area is 117 Å². The standard InChI is InChI=1S/C16H26ClN/c1-5-18-15(16(2,3)4)8-6-7-13-9-11-14(17)12-10-13/h9-12,15,18H,5-8H2,1-4H3. The second-order valence-electron chi connectivity index (χ2n) is 5.99. The van der Waals surface area contributed by atoms with E-state index in [2.05, 4.69) is 45.1 Å². The minimum atomic E-state index is 0.329. The summed E-state index contributed by atoms with van der Waals surface area (Å²) in [6.45, 7) is 10.1. The van der Waals surface area contributed by atoms with Gasteiger partial charge in [-0.15, -0.1) is 0 Å². The Morgan fingerprint density at radius 2 is 1.78 bits per heavy atom. The normalized spacial score (nSPS) is 13.6. The van der Waals surface area contributed by atoms with E-state index in [-0.39, 0.29) is 0 Å². The Hall–Kier alpha value is -0.530. The molecule has 0 bridgehead atoms. The van der Waals surface area contributed by atoms with Gasteiger partial charge in [0.25, 0.3) is 0 Å². The fourth-order valence-electron chi connectivity index (χ4n) is 2.25. The molecule has 0 aromatic heterocycles. The van der Waals surface area contributed by atoms with Gasteiger partial charge in [-0.1, -0.05) is 51.4 Å². The van der Waals surface area contributed by atoms with Crippen LogP contribution in [0.15, 0.2) is 24.3 Å². The van der Waals surface area contributed by atoms with E-state index in [1.165, 1.54) is 18.4 Å². The van der Waals surface area contributed by atoms with Crippen molar-refractivity contribution < 1.29 is 0 Å². The number of halogens is 1. The summed E-state index contributed by atoms with van der Waals surface area (Å²) in [5, 5.41) is 4.42. The molecule has 0 amide bonds. The molecule has 1 aromatic carbocycles. The summed E-state index contributed by atoms with van der Waals surface area (Å²) in [5.74, 6) is 0. The van der Waals surface area contributed by atoms with Crippen molar-refractivity contribution >= 4 is 11.6 Å². The maximum absolute atomic E-state index is 5.89. The topological polar surface area (TPSA) is 12.0 Å². The van der Waals surface area contributed by atoms with Crippen molar-refractivity contribution in [3.63, 3.8) is 0 Å². The minimum Gasteiger partial charge on any atom is -0.314 e. The molecule has 0 aliphatic heterocycles. The summed E-state index contributed by atoms with van der Waals surface area (Å²) in [6, 6.07) is 8.79. The molecule has 0 radical (unpaired) electrons. The van der Waals surface area contributed by atoms with Crippen molar-refractivity contribution in [3.05, 3.63) is 34.9 Å². The predicted molar refractivity (Wildman–Crippen MR) is 81.3 cm³/mol. The van der Waals surface area contributed by atoms with Crippen LogP contribution < -0.4 is 5.32 Å². The molecule has 0 fully saturated rings. The molecule has 0 spiro atoms. The van der Waals surface area contributed by atoms with Gasteiger partial charge in [-0.25, -0.2) is 0 Å². The number of aryl methyl sites for hydroxylation is 1. The van der Waals surface area contributed by atoms with Crippen LogP contribution >= 0.6 is 11.6 Å². The molecule has 0 aliphatic rings. The largest absolute Gasteiger partial charge is 0.314 e. The van der Waals surface area contributed by atoms with E-state index in [4.69, 9.17) is 11.6 Å². The van der Waals surface area contributed by atoms with Crippen LogP contribution in [0.25, 0.3) is 0 Å². The lowest BCUT2D eigenvalue weighted by Gasteiger charge is -2.31. The van der Waals surface area contributed by atoms with E-state index < -0.39 is 0 Å². The summed E-state index contributed by atoms with van der Waals surface area (Å²) >= 11 is 5.89. The van der Waals surface area contributed by atoms with E-state index in [0.29, 0.717) is 11.5 Å². The summed E-state index contributed by atoms with van der Waals surface area (Å²) in [4.78, 5) is 0. The molecule has 1 unspecified atom stereocenters. The lowest BCUT2D eigenvalue weighted by Crippen LogP contribution is -2.40. The second kappa shape index (κ2) is 7.16. The molecule has 0 heterocycles. The maximum atomic E-state index is 5.89. The molecule has 0 aliphatic carbocycles. The third-order valence-electron chi connectivity index (χ3n) is 3.37. The lowest BCUT2D eigenvalue weighted by molar-refractivity contribution is 0.254. The summed E-state index contributed by atoms with van der Waals surface area (Å²) in [5.41, 5.74) is 1.71. The highest BCUT2D eigenvalue weighted by molar-refractivity contribution is 6.30. The zero-order valence-corrected chi connectivity index (χ0v) is 12.8. The van der Waals surface area contributed by atoms with Gasteiger partial charge in [-0.2, -0.15) is 0 Å². The summed E-state index contributed by atoms with van der Waals surface area (Å²) in [6.07, 6.45) is 3.58. The van der Waals surface area contributed by atoms with Crippen molar-refractivity contribution in [2.75, 3.05) is 6.54 Å². The quantitative estimate of drug-likeness (QED) is 0.789. The Kier molecular flexibility index (Phi) is 6.17. The molecule has 1 rings (SSSR count). The average molecular weight is 268 g/mol. The smallest absolute Gasteiger partial charge is 0.0406 e. The second-order valence-corrected chi connectivity index (χ2v) is 6.43. The fraction of sp³-hybridized carbons (Fsp3) is 0.625. The zero-order valence-electron chi connectivity index (χ0n) is 12.1. The molecular weight excluding hydrogens is 242 g/mol. The molecule has 0 saturated heterocycles. The first-order valence-electron chi connectivity index (χ1n) is 6.91. The van der Waals surface area contributed by atoms with Crippen molar-refractivity contribution in [2.45, 2.75) is 53.0 Å². The summed E-state index contributed by atoms with van der Waals surface area (Å²) in [7, 11) is 0. The number of benzene rings is 1. The Morgan fingerprint density at radius 3 is 2.28 bits per heavy atom. The zero-order chi connectivity index (χ0) is 13.6. The van der Waals surface area contributed by atoms with Crippen LogP contribution in [0.2, 0.25) is 5.02 Å². The van der Waals surface area contributed by atoms with E-state index >= 15 is 0 Å². The molecular formula is C16H26ClN. The summed E-state index contributed by atoms with van der Waals surface area (Å²) < 4.78 is 0. The molecule has 1 aromatic rings. The maximum Gasteiger partial charge on any atom is 0.0406 e. The van der Waals surface area contributed by atoms with E-state index in [9.17, 15) is 0 Å². The Bertz CT molecular complexity index is 337. The average Bonchev–Trinajstić information content (AvgIpc) is 2.29. The Morgan fingerprint density at radius 1 is 1.17 bits per heavy atom. The van der Waals surface area contributed by atoms with Gasteiger partial charge in [-0.05, 0) is 48.9 Å². The van der Waals surface area contributed by atoms with Crippen LogP contribution in [0.4, 0.5) is 0 Å². The van der Waals surface area contributed by atoms with Crippen LogP contribution in [0, 0.1) is 5.41 Å². The first-order chi connectivity index (χ1) is 8.43. The van der Waals surface area contributed by atoms with Crippen LogP contribution in [0.3, 0.4) is 0 Å². The third-order valence-corrected chi connectivity index (χ3v) is 3.62. The first kappa shape index (κ1) is 15.5. The Balaban J connectivity index is 2.41. The van der Waals surface area contributed by atoms with Crippen molar-refractivity contribution in [3.8, 4) is 0 Å². The van der Waals surface area contributed by atoms with Crippen LogP contribution in [-0.4, -0.2) is 12.6 Å². The van der Waals surface area contributed by atoms with Gasteiger partial charge in [0.05, 0.1) is 0 Å². The third kappa shape index (κ3) is 5.41. The van der Waals surface area contributed by atoms with Gasteiger partial charge in [0.2, 0.25) is 0 Å². The highest BCUT2D eigenvalue weighted by Crippen LogP contribution is 2.23. The van der Waals surface area contributed by atoms with Gasteiger partial charge in [0, 0.05) is 11.1 Å². The van der Waals surface area contributed by atoms with Gasteiger partial charge in [0.1, 0.15) is 0 Å². The molecule has 1 atom stereocenters. The van der Waals surface area contributed by atoms with E-state index in [1.54, 1.807) is 0 Å². The number of hydrogen-bond acceptors (Lipinski definition) is 1. The van der Waals surface area contributed by atoms with Gasteiger partial charge in [0.15, 0.2) is 0 Å². The van der Waals surface area contributed by atoms with Crippen molar-refractivity contribution in [2.24, 2.45) is 5.41 Å². The molecule has 18 heavy (non-hydrogen) atoms. The van der Waals surface area contributed by atoms with E-state index in [0.717, 1.165) is 18.0 Å². The molecule has 102 valence electrons. The first-order valence-corrected chi connectivity index (χ1v) is 7.29. The number of nitrogens with one attached hydrogen (secondary N) is 1. The van der Waals surface area contributed by atoms with Gasteiger partial charge in [-0.3, -0.25) is 0 Å². The predicted octanol–water partition coefficient (Wildman–Crippen LogP) is 4.69. The van der Waals surface area contributed by atoms with Crippen LogP contribution in [0.5, 0.6) is 0 Å². The number of hydrogen-bond donors (Lipinski definition) is 1. The minimum absolute atomic E-state index is 0.329. The van der Waals surface area contributed by atoms with Gasteiger partial charge < -0.3 is 5.32 Å². The fourth-order valence-corrected chi connectivity index (χ4v) is 2.38. The van der Waals surface area contributed by atoms with Crippen LogP contribution in [0.1, 0.15) is 46.1 Å². The monoisotopic (exact) mass is 267 g/mol. The molecule has 1 N–H and O–H groups in total. The molecule has 0 saturated carbocycles. The number of rotatable bonds is 6. The molecule has 2 heteroatoms. The van der Waals surface area contributed by atoms with Crippen LogP contribution in [-0.2, 0) is 6.42 Å². The van der Waals surface area contributed by atoms with Crippen molar-refractivity contribution in [1.82, 2.24) is 5.32 Å². The van der Waals surface area contributed by atoms with Gasteiger partial charge >= 0.3 is 0 Å². The highest BCUT2D eigenvalue weighted by atomic mass is 35.5. The molecule has 1 nitrogen and oxygen atoms in total. The SMILES string of the molecule is CCNC(CCCc1ccc(Cl)cc1)C(C)(C)C.